The molecule has 0 saturated carbocycles. The van der Waals surface area contributed by atoms with Crippen LogP contribution in [0.2, 0.25) is 0 Å². The fourth-order valence-electron chi connectivity index (χ4n) is 5.07. The Balaban J connectivity index is 1.48. The lowest BCUT2D eigenvalue weighted by atomic mass is 9.99. The number of aliphatic hydroxyl groups excluding tert-OH is 1. The Hall–Kier alpha value is -3.87. The number of fused-ring (bicyclic) bond motifs is 1. The third-order valence-electron chi connectivity index (χ3n) is 7.85. The quantitative estimate of drug-likeness (QED) is 0.381. The molecule has 0 bridgehead atoms. The summed E-state index contributed by atoms with van der Waals surface area (Å²) in [6, 6.07) is 11.3. The smallest absolute Gasteiger partial charge is 0.321 e. The number of nitrogens with zero attached hydrogens (tertiary/aromatic N) is 3. The van der Waals surface area contributed by atoms with Crippen LogP contribution in [-0.2, 0) is 9.53 Å². The molecule has 3 atom stereocenters. The zero-order chi connectivity index (χ0) is 30.9. The molecule has 0 aliphatic carbocycles. The molecule has 2 heterocycles. The van der Waals surface area contributed by atoms with E-state index in [2.05, 4.69) is 15.5 Å². The molecular formula is C31H43N5O7. The summed E-state index contributed by atoms with van der Waals surface area (Å²) in [6.45, 7) is 7.66. The van der Waals surface area contributed by atoms with Crippen LogP contribution in [0.1, 0.15) is 30.6 Å². The summed E-state index contributed by atoms with van der Waals surface area (Å²) in [7, 11) is 3.26. The minimum absolute atomic E-state index is 0.151. The predicted molar refractivity (Wildman–Crippen MR) is 163 cm³/mol. The van der Waals surface area contributed by atoms with Crippen molar-refractivity contribution in [3.8, 4) is 11.5 Å². The second kappa shape index (κ2) is 15.0. The second-order valence-corrected chi connectivity index (χ2v) is 11.1. The zero-order valence-electron chi connectivity index (χ0n) is 25.4. The fraction of sp³-hybridized carbons (Fsp3) is 0.516. The lowest BCUT2D eigenvalue weighted by Gasteiger charge is -2.38. The van der Waals surface area contributed by atoms with Crippen LogP contribution < -0.4 is 20.1 Å². The normalized spacial score (nSPS) is 19.7. The molecule has 12 nitrogen and oxygen atoms in total. The maximum atomic E-state index is 13.7. The summed E-state index contributed by atoms with van der Waals surface area (Å²) >= 11 is 0. The summed E-state index contributed by atoms with van der Waals surface area (Å²) in [5.41, 5.74) is 1.40. The van der Waals surface area contributed by atoms with Crippen molar-refractivity contribution in [3.05, 3.63) is 48.0 Å². The predicted octanol–water partition coefficient (Wildman–Crippen LogP) is 2.74. The lowest BCUT2D eigenvalue weighted by molar-refractivity contribution is -0.116. The standard InChI is InChI=1S/C31H43N5O7/c1-21-18-36(22(2)20-37)30(39)26-17-24(32-29(38)11-12-35-13-15-42-16-14-35)7-10-27(26)43-28(21)19-34(3)31(40)33-23-5-8-25(41-4)9-6-23/h5-10,17,21-22,28,37H,11-16,18-20H2,1-4H3,(H,32,38)(H,33,40)/t21-,22+,28-/m0/s1. The van der Waals surface area contributed by atoms with Gasteiger partial charge in [0.15, 0.2) is 0 Å². The molecule has 2 aromatic carbocycles. The van der Waals surface area contributed by atoms with Gasteiger partial charge in [0.05, 0.1) is 45.1 Å². The van der Waals surface area contributed by atoms with Gasteiger partial charge in [0, 0.05) is 56.9 Å². The van der Waals surface area contributed by atoms with Gasteiger partial charge >= 0.3 is 6.03 Å². The van der Waals surface area contributed by atoms with Crippen molar-refractivity contribution in [1.82, 2.24) is 14.7 Å². The summed E-state index contributed by atoms with van der Waals surface area (Å²) in [5.74, 6) is 0.432. The summed E-state index contributed by atoms with van der Waals surface area (Å²) in [4.78, 5) is 44.8. The van der Waals surface area contributed by atoms with Crippen LogP contribution >= 0.6 is 0 Å². The molecule has 234 valence electrons. The second-order valence-electron chi connectivity index (χ2n) is 11.1. The molecule has 12 heteroatoms. The number of urea groups is 1. The van der Waals surface area contributed by atoms with E-state index in [1.165, 1.54) is 4.90 Å². The lowest BCUT2D eigenvalue weighted by Crippen LogP contribution is -2.50. The first-order chi connectivity index (χ1) is 20.7. The van der Waals surface area contributed by atoms with Gasteiger partial charge in [-0.15, -0.1) is 0 Å². The SMILES string of the molecule is COc1ccc(NC(=O)N(C)C[C@@H]2Oc3ccc(NC(=O)CCN4CCOCC4)cc3C(=O)N([C@H](C)CO)C[C@@H]2C)cc1. The Morgan fingerprint density at radius 3 is 2.49 bits per heavy atom. The summed E-state index contributed by atoms with van der Waals surface area (Å²) in [5, 5.41) is 15.7. The molecule has 43 heavy (non-hydrogen) atoms. The van der Waals surface area contributed by atoms with Crippen molar-refractivity contribution in [2.24, 2.45) is 5.92 Å². The molecule has 0 spiro atoms. The highest BCUT2D eigenvalue weighted by molar-refractivity contribution is 6.00. The first-order valence-corrected chi connectivity index (χ1v) is 14.7. The first-order valence-electron chi connectivity index (χ1n) is 14.7. The van der Waals surface area contributed by atoms with Gasteiger partial charge in [-0.3, -0.25) is 14.5 Å². The topological polar surface area (TPSA) is 133 Å². The minimum Gasteiger partial charge on any atom is -0.497 e. The van der Waals surface area contributed by atoms with Crippen LogP contribution in [0.4, 0.5) is 16.2 Å². The molecular weight excluding hydrogens is 554 g/mol. The first kappa shape index (κ1) is 32.1. The molecule has 2 aliphatic heterocycles. The number of methoxy groups -OCH3 is 1. The zero-order valence-corrected chi connectivity index (χ0v) is 25.4. The maximum Gasteiger partial charge on any atom is 0.321 e. The van der Waals surface area contributed by atoms with E-state index in [0.717, 1.165) is 13.1 Å². The monoisotopic (exact) mass is 597 g/mol. The number of morpholine rings is 1. The average Bonchev–Trinajstić information content (AvgIpc) is 3.02. The van der Waals surface area contributed by atoms with Crippen LogP contribution in [0, 0.1) is 5.92 Å². The van der Waals surface area contributed by atoms with E-state index in [4.69, 9.17) is 14.2 Å². The van der Waals surface area contributed by atoms with Crippen LogP contribution in [0.25, 0.3) is 0 Å². The molecule has 2 aliphatic rings. The van der Waals surface area contributed by atoms with Crippen molar-refractivity contribution >= 4 is 29.2 Å². The number of likely N-dealkylation sites (N-methyl/N-ethyl adjacent to an activating group) is 1. The Kier molecular flexibility index (Phi) is 11.2. The summed E-state index contributed by atoms with van der Waals surface area (Å²) < 4.78 is 16.9. The number of anilines is 2. The van der Waals surface area contributed by atoms with Gasteiger partial charge in [0.2, 0.25) is 5.91 Å². The number of nitrogens with one attached hydrogen (secondary N) is 2. The van der Waals surface area contributed by atoms with E-state index >= 15 is 0 Å². The number of carbonyl (C=O) groups is 3. The van der Waals surface area contributed by atoms with E-state index in [-0.39, 0.29) is 42.5 Å². The number of benzene rings is 2. The van der Waals surface area contributed by atoms with Gasteiger partial charge in [0.25, 0.3) is 5.91 Å². The van der Waals surface area contributed by atoms with Crippen LogP contribution in [0.15, 0.2) is 42.5 Å². The maximum absolute atomic E-state index is 13.7. The highest BCUT2D eigenvalue weighted by Gasteiger charge is 2.34. The van der Waals surface area contributed by atoms with Crippen molar-refractivity contribution in [3.63, 3.8) is 0 Å². The minimum atomic E-state index is -0.458. The third kappa shape index (κ3) is 8.59. The van der Waals surface area contributed by atoms with Crippen molar-refractivity contribution < 1.29 is 33.7 Å². The molecule has 3 N–H and O–H groups in total. The third-order valence-corrected chi connectivity index (χ3v) is 7.85. The van der Waals surface area contributed by atoms with E-state index < -0.39 is 12.1 Å². The largest absolute Gasteiger partial charge is 0.497 e. The van der Waals surface area contributed by atoms with Gasteiger partial charge in [-0.05, 0) is 49.4 Å². The Morgan fingerprint density at radius 1 is 1.12 bits per heavy atom. The molecule has 0 radical (unpaired) electrons. The summed E-state index contributed by atoms with van der Waals surface area (Å²) in [6.07, 6.45) is -0.138. The molecule has 2 aromatic rings. The molecule has 0 unspecified atom stereocenters. The van der Waals surface area contributed by atoms with Gasteiger partial charge in [0.1, 0.15) is 17.6 Å². The molecule has 0 aromatic heterocycles. The van der Waals surface area contributed by atoms with Gasteiger partial charge in [-0.1, -0.05) is 6.92 Å². The van der Waals surface area contributed by atoms with Crippen molar-refractivity contribution in [1.29, 1.82) is 0 Å². The highest BCUT2D eigenvalue weighted by Crippen LogP contribution is 2.31. The number of hydrogen-bond donors (Lipinski definition) is 3. The highest BCUT2D eigenvalue weighted by atomic mass is 16.5. The van der Waals surface area contributed by atoms with Gasteiger partial charge in [-0.2, -0.15) is 0 Å². The fourth-order valence-corrected chi connectivity index (χ4v) is 5.07. The van der Waals surface area contributed by atoms with Gasteiger partial charge < -0.3 is 39.8 Å². The Labute approximate surface area is 252 Å². The number of rotatable bonds is 10. The van der Waals surface area contributed by atoms with Crippen LogP contribution in [-0.4, -0.2) is 116 Å². The number of ether oxygens (including phenoxy) is 3. The van der Waals surface area contributed by atoms with Crippen LogP contribution in [0.3, 0.4) is 0 Å². The molecule has 1 fully saturated rings. The van der Waals surface area contributed by atoms with Gasteiger partial charge in [-0.25, -0.2) is 4.79 Å². The number of aliphatic hydroxyl groups is 1. The van der Waals surface area contributed by atoms with Crippen molar-refractivity contribution in [2.75, 3.05) is 77.3 Å². The van der Waals surface area contributed by atoms with Crippen LogP contribution in [0.5, 0.6) is 11.5 Å². The number of amides is 4. The van der Waals surface area contributed by atoms with Crippen molar-refractivity contribution in [2.45, 2.75) is 32.4 Å². The Bertz CT molecular complexity index is 1250. The van der Waals surface area contributed by atoms with E-state index in [1.807, 2.05) is 6.92 Å². The average molecular weight is 598 g/mol. The van der Waals surface area contributed by atoms with E-state index in [0.29, 0.717) is 55.6 Å². The van der Waals surface area contributed by atoms with E-state index in [9.17, 15) is 19.5 Å². The molecule has 4 amide bonds. The number of carbonyl (C=O) groups excluding carboxylic acids is 3. The molecule has 1 saturated heterocycles. The van der Waals surface area contributed by atoms with E-state index in [1.54, 1.807) is 68.4 Å². The Morgan fingerprint density at radius 2 is 1.81 bits per heavy atom. The number of hydrogen-bond acceptors (Lipinski definition) is 8. The molecule has 4 rings (SSSR count).